The van der Waals surface area contributed by atoms with Crippen LogP contribution in [0, 0.1) is 48.8 Å². The number of aliphatic hydroxyl groups is 1. The van der Waals surface area contributed by atoms with Gasteiger partial charge in [-0.15, -0.1) is 28.2 Å². The van der Waals surface area contributed by atoms with Gasteiger partial charge in [-0.2, -0.15) is 26.3 Å². The number of aryl methyl sites for hydroxylation is 1. The Balaban J connectivity index is 0.000000499. The molecule has 384 valence electrons. The number of carboxylic acid groups (broad SMARTS) is 1. The van der Waals surface area contributed by atoms with E-state index in [1.807, 2.05) is 31.2 Å². The maximum absolute atomic E-state index is 14.2. The van der Waals surface area contributed by atoms with Crippen molar-refractivity contribution in [3.63, 3.8) is 0 Å². The standard InChI is InChI=1S/C23H25Cl2FN2O2.C8H8F3N.C6H2ClFN2.C6H10O.C2H3ClO2.C2H3F3O/c1-14-3-5-16(6-4-14)13-28(22(30)11-24)23(17-7-15(2)8-17)21(29)10-20-19(26)9-18(25)12-27-20;9-8(10,11)7-3-1-6(5-12)2-4-7;1-9-6-5(8)2-4(7)3-10-6;1-5-2-6(3-5)4-7;3-1-2(4)5;3-2(4,5)1-6/h3-6,9,12,15,17,23H,7-8,10-11,13H2,1-2H3;1-4H,5,12H2;2-3H;4-6H,2-3H2,1H3;1H2,(H,4,5);6H,1H2. The maximum atomic E-state index is 14.2. The Bertz CT molecular complexity index is 2290. The van der Waals surface area contributed by atoms with Gasteiger partial charge in [0.15, 0.2) is 11.6 Å². The molecule has 1 amide bonds. The first-order valence-electron chi connectivity index (χ1n) is 20.9. The van der Waals surface area contributed by atoms with Gasteiger partial charge >= 0.3 is 24.1 Å². The number of aliphatic carboxylic acids is 1. The van der Waals surface area contributed by atoms with Crippen LogP contribution in [-0.2, 0) is 44.9 Å². The summed E-state index contributed by atoms with van der Waals surface area (Å²) in [6.45, 7) is 11.5. The zero-order valence-electron chi connectivity index (χ0n) is 37.9. The van der Waals surface area contributed by atoms with Gasteiger partial charge < -0.3 is 30.5 Å². The number of rotatable bonds is 11. The minimum absolute atomic E-state index is 0.0282. The number of carbonyl (C=O) groups is 4. The Labute approximate surface area is 420 Å². The number of hydrogen-bond donors (Lipinski definition) is 3. The molecule has 4 N–H and O–H groups in total. The van der Waals surface area contributed by atoms with Crippen LogP contribution in [-0.4, -0.2) is 79.6 Å². The molecular formula is C47H51Cl4F8N5O6. The lowest BCUT2D eigenvalue weighted by Crippen LogP contribution is -2.53. The van der Waals surface area contributed by atoms with Gasteiger partial charge in [-0.05, 0) is 85.8 Å². The molecule has 70 heavy (non-hydrogen) atoms. The summed E-state index contributed by atoms with van der Waals surface area (Å²) >= 11 is 21.8. The van der Waals surface area contributed by atoms with Gasteiger partial charge in [-0.3, -0.25) is 19.4 Å². The topological polar surface area (TPSA) is 168 Å². The largest absolute Gasteiger partial charge is 0.480 e. The van der Waals surface area contributed by atoms with Crippen molar-refractivity contribution in [1.29, 1.82) is 0 Å². The fourth-order valence-electron chi connectivity index (χ4n) is 6.46. The van der Waals surface area contributed by atoms with Crippen molar-refractivity contribution < 1.29 is 64.5 Å². The molecule has 1 atom stereocenters. The Morgan fingerprint density at radius 2 is 1.34 bits per heavy atom. The van der Waals surface area contributed by atoms with Crippen LogP contribution >= 0.6 is 46.4 Å². The van der Waals surface area contributed by atoms with Crippen molar-refractivity contribution in [2.45, 2.75) is 84.4 Å². The molecule has 11 nitrogen and oxygen atoms in total. The van der Waals surface area contributed by atoms with Crippen LogP contribution in [0.2, 0.25) is 10.0 Å². The fraction of sp³-hybridized carbons (Fsp3) is 0.426. The van der Waals surface area contributed by atoms with Crippen LogP contribution in [0.15, 0.2) is 73.1 Å². The highest BCUT2D eigenvalue weighted by atomic mass is 35.5. The molecule has 2 fully saturated rings. The van der Waals surface area contributed by atoms with Gasteiger partial charge in [0, 0.05) is 25.2 Å². The highest BCUT2D eigenvalue weighted by molar-refractivity contribution is 6.30. The third-order valence-electron chi connectivity index (χ3n) is 9.96. The molecule has 2 aliphatic carbocycles. The molecule has 4 aromatic rings. The number of aldehydes is 1. The molecular weight excluding hydrogens is 1020 g/mol. The molecule has 2 saturated carbocycles. The summed E-state index contributed by atoms with van der Waals surface area (Å²) in [6.07, 6.45) is -1.29. The number of hydrogen-bond acceptors (Lipinski definition) is 8. The Morgan fingerprint density at radius 1 is 0.857 bits per heavy atom. The maximum Gasteiger partial charge on any atom is 0.416 e. The number of pyridine rings is 2. The average Bonchev–Trinajstić information content (AvgIpc) is 3.29. The third kappa shape index (κ3) is 24.2. The molecule has 0 spiro atoms. The number of benzene rings is 2. The summed E-state index contributed by atoms with van der Waals surface area (Å²) in [5, 5.41) is 15.2. The highest BCUT2D eigenvalue weighted by Gasteiger charge is 2.42. The summed E-state index contributed by atoms with van der Waals surface area (Å²) in [5.74, 6) is -1.84. The lowest BCUT2D eigenvalue weighted by atomic mass is 9.70. The normalized spacial score (nSPS) is 17.0. The zero-order valence-corrected chi connectivity index (χ0v) is 40.9. The number of aromatic nitrogens is 2. The number of aliphatic hydroxyl groups excluding tert-OH is 1. The van der Waals surface area contributed by atoms with Gasteiger partial charge in [0.2, 0.25) is 5.91 Å². The number of amides is 1. The van der Waals surface area contributed by atoms with E-state index in [9.17, 15) is 54.3 Å². The number of carbonyl (C=O) groups excluding carboxylic acids is 3. The van der Waals surface area contributed by atoms with Crippen LogP contribution in [0.1, 0.15) is 67.5 Å². The monoisotopic (exact) mass is 1070 g/mol. The number of nitrogens with two attached hydrogens (primary N) is 1. The molecule has 0 aliphatic heterocycles. The van der Waals surface area contributed by atoms with Crippen LogP contribution in [0.25, 0.3) is 4.85 Å². The number of Topliss-reactive ketones (excluding diaryl/α,β-unsaturated/α-hetero) is 1. The SMILES string of the molecule is CC1CC(C=O)C1.Cc1ccc(CN(C(=O)CCl)C(C(=O)Cc2ncc(Cl)cc2F)C2CC(C)C2)cc1.NCc1ccc(C(F)(F)F)cc1.O=C(O)CCl.OCC(F)(F)F.[C-]#[N+]c1ncc(Cl)cc1F. The highest BCUT2D eigenvalue weighted by Crippen LogP contribution is 2.39. The summed E-state index contributed by atoms with van der Waals surface area (Å²) < 4.78 is 94.3. The van der Waals surface area contributed by atoms with Gasteiger partial charge in [0.05, 0.1) is 33.8 Å². The van der Waals surface area contributed by atoms with E-state index in [4.69, 9.17) is 68.9 Å². The average molecular weight is 1080 g/mol. The summed E-state index contributed by atoms with van der Waals surface area (Å²) in [5.41, 5.74) is 7.35. The molecule has 23 heteroatoms. The lowest BCUT2D eigenvalue weighted by Gasteiger charge is -2.43. The molecule has 1 unspecified atom stereocenters. The second-order valence-corrected chi connectivity index (χ2v) is 17.3. The predicted molar refractivity (Wildman–Crippen MR) is 250 cm³/mol. The summed E-state index contributed by atoms with van der Waals surface area (Å²) in [4.78, 5) is 57.0. The van der Waals surface area contributed by atoms with Crippen LogP contribution in [0.3, 0.4) is 0 Å². The molecule has 2 aromatic heterocycles. The van der Waals surface area contributed by atoms with E-state index in [1.165, 1.54) is 24.5 Å². The first-order chi connectivity index (χ1) is 32.7. The van der Waals surface area contributed by atoms with E-state index >= 15 is 0 Å². The smallest absolute Gasteiger partial charge is 0.416 e. The summed E-state index contributed by atoms with van der Waals surface area (Å²) in [7, 11) is 0. The van der Waals surface area contributed by atoms with E-state index in [1.54, 1.807) is 4.90 Å². The molecule has 2 aliphatic rings. The minimum atomic E-state index is -4.40. The predicted octanol–water partition coefficient (Wildman–Crippen LogP) is 11.6. The van der Waals surface area contributed by atoms with Crippen LogP contribution in [0.5, 0.6) is 0 Å². The number of ketones is 1. The molecule has 0 radical (unpaired) electrons. The third-order valence-corrected chi connectivity index (χ3v) is 10.8. The summed E-state index contributed by atoms with van der Waals surface area (Å²) in [6, 6.07) is 14.2. The minimum Gasteiger partial charge on any atom is -0.480 e. The Hall–Kier alpha value is -4.97. The number of nitrogens with zero attached hydrogens (tertiary/aromatic N) is 4. The van der Waals surface area contributed by atoms with Crippen molar-refractivity contribution >= 4 is 76.2 Å². The van der Waals surface area contributed by atoms with Gasteiger partial charge in [0.25, 0.3) is 0 Å². The van der Waals surface area contributed by atoms with E-state index in [0.29, 0.717) is 17.4 Å². The first kappa shape index (κ1) is 63.0. The molecule has 0 saturated heterocycles. The molecule has 6 rings (SSSR count). The van der Waals surface area contributed by atoms with Gasteiger partial charge in [0.1, 0.15) is 36.7 Å². The van der Waals surface area contributed by atoms with Crippen molar-refractivity contribution in [2.75, 3.05) is 18.4 Å². The van der Waals surface area contributed by atoms with E-state index in [2.05, 4.69) is 28.7 Å². The van der Waals surface area contributed by atoms with E-state index < -0.39 is 48.2 Å². The number of alkyl halides is 8. The zero-order chi connectivity index (χ0) is 53.4. The van der Waals surface area contributed by atoms with Crippen molar-refractivity contribution in [3.8, 4) is 0 Å². The second-order valence-electron chi connectivity index (χ2n) is 15.9. The Kier molecular flexibility index (Phi) is 28.3. The quantitative estimate of drug-likeness (QED) is 0.0573. The van der Waals surface area contributed by atoms with Crippen LogP contribution in [0.4, 0.5) is 40.9 Å². The molecule has 2 aromatic carbocycles. The number of carboxylic acids is 1. The van der Waals surface area contributed by atoms with E-state index in [0.717, 1.165) is 73.3 Å². The van der Waals surface area contributed by atoms with Crippen LogP contribution < -0.4 is 5.73 Å². The molecule has 0 bridgehead atoms. The lowest BCUT2D eigenvalue weighted by molar-refractivity contribution is -0.159. The van der Waals surface area contributed by atoms with Crippen molar-refractivity contribution in [1.82, 2.24) is 14.9 Å². The fourth-order valence-corrected chi connectivity index (χ4v) is 6.90. The second kappa shape index (κ2) is 31.4. The van der Waals surface area contributed by atoms with Gasteiger partial charge in [-0.25, -0.2) is 8.78 Å². The van der Waals surface area contributed by atoms with Crippen molar-refractivity contribution in [3.05, 3.63) is 134 Å². The Morgan fingerprint density at radius 3 is 1.71 bits per heavy atom. The first-order valence-corrected chi connectivity index (χ1v) is 22.7. The van der Waals surface area contributed by atoms with E-state index in [-0.39, 0.29) is 70.4 Å². The number of halogens is 12. The van der Waals surface area contributed by atoms with Crippen molar-refractivity contribution in [2.24, 2.45) is 29.4 Å². The van der Waals surface area contributed by atoms with Gasteiger partial charge in [-0.1, -0.05) is 85.6 Å². The molecule has 2 heterocycles.